The van der Waals surface area contributed by atoms with E-state index in [1.54, 1.807) is 0 Å². The SMILES string of the molecule is CCC(CC)N1CC(C)NCC12CCCC2. The Kier molecular flexibility index (Phi) is 3.91. The van der Waals surface area contributed by atoms with Crippen molar-refractivity contribution in [2.75, 3.05) is 13.1 Å². The summed E-state index contributed by atoms with van der Waals surface area (Å²) in [5, 5.41) is 3.71. The van der Waals surface area contributed by atoms with Crippen LogP contribution in [0.3, 0.4) is 0 Å². The van der Waals surface area contributed by atoms with Crippen molar-refractivity contribution in [1.29, 1.82) is 0 Å². The molecule has 2 nitrogen and oxygen atoms in total. The van der Waals surface area contributed by atoms with Gasteiger partial charge in [-0.25, -0.2) is 0 Å². The Bertz CT molecular complexity index is 217. The lowest BCUT2D eigenvalue weighted by atomic mass is 9.88. The normalized spacial score (nSPS) is 30.4. The second-order valence-corrected chi connectivity index (χ2v) is 5.84. The van der Waals surface area contributed by atoms with Crippen LogP contribution in [0.4, 0.5) is 0 Å². The van der Waals surface area contributed by atoms with Gasteiger partial charge < -0.3 is 5.32 Å². The molecule has 0 aromatic carbocycles. The monoisotopic (exact) mass is 224 g/mol. The largest absolute Gasteiger partial charge is 0.311 e. The second kappa shape index (κ2) is 5.05. The lowest BCUT2D eigenvalue weighted by Crippen LogP contribution is -2.65. The molecule has 0 amide bonds. The van der Waals surface area contributed by atoms with Gasteiger partial charge in [0.25, 0.3) is 0 Å². The lowest BCUT2D eigenvalue weighted by molar-refractivity contribution is 0.00486. The maximum atomic E-state index is 3.71. The molecule has 1 aliphatic heterocycles. The maximum Gasteiger partial charge on any atom is 0.0337 e. The summed E-state index contributed by atoms with van der Waals surface area (Å²) in [5.74, 6) is 0. The Hall–Kier alpha value is -0.0800. The first-order valence-electron chi connectivity index (χ1n) is 7.22. The van der Waals surface area contributed by atoms with Crippen LogP contribution in [-0.4, -0.2) is 35.6 Å². The van der Waals surface area contributed by atoms with E-state index < -0.39 is 0 Å². The van der Waals surface area contributed by atoms with Gasteiger partial charge in [-0.05, 0) is 32.6 Å². The number of nitrogens with zero attached hydrogens (tertiary/aromatic N) is 1. The van der Waals surface area contributed by atoms with Crippen LogP contribution in [0.1, 0.15) is 59.3 Å². The molecule has 1 spiro atoms. The molecule has 1 N–H and O–H groups in total. The third-order valence-electron chi connectivity index (χ3n) is 4.78. The molecule has 16 heavy (non-hydrogen) atoms. The first-order chi connectivity index (χ1) is 7.72. The first kappa shape index (κ1) is 12.4. The topological polar surface area (TPSA) is 15.3 Å². The molecule has 1 saturated carbocycles. The third-order valence-corrected chi connectivity index (χ3v) is 4.78. The van der Waals surface area contributed by atoms with E-state index in [0.717, 1.165) is 6.04 Å². The highest BCUT2D eigenvalue weighted by Gasteiger charge is 2.44. The van der Waals surface area contributed by atoms with Crippen molar-refractivity contribution in [1.82, 2.24) is 10.2 Å². The zero-order chi connectivity index (χ0) is 11.6. The Morgan fingerprint density at radius 1 is 1.25 bits per heavy atom. The lowest BCUT2D eigenvalue weighted by Gasteiger charge is -2.51. The fourth-order valence-electron chi connectivity index (χ4n) is 3.78. The van der Waals surface area contributed by atoms with Gasteiger partial charge in [0.05, 0.1) is 0 Å². The first-order valence-corrected chi connectivity index (χ1v) is 7.22. The van der Waals surface area contributed by atoms with E-state index in [4.69, 9.17) is 0 Å². The van der Waals surface area contributed by atoms with E-state index in [0.29, 0.717) is 11.6 Å². The van der Waals surface area contributed by atoms with E-state index in [1.165, 1.54) is 51.6 Å². The van der Waals surface area contributed by atoms with Crippen LogP contribution in [0.2, 0.25) is 0 Å². The minimum absolute atomic E-state index is 0.517. The predicted molar refractivity (Wildman–Crippen MR) is 69.7 cm³/mol. The zero-order valence-corrected chi connectivity index (χ0v) is 11.3. The van der Waals surface area contributed by atoms with E-state index >= 15 is 0 Å². The molecular formula is C14H28N2. The molecule has 0 aromatic heterocycles. The van der Waals surface area contributed by atoms with Gasteiger partial charge in [0, 0.05) is 30.7 Å². The highest BCUT2D eigenvalue weighted by atomic mass is 15.3. The van der Waals surface area contributed by atoms with Crippen LogP contribution < -0.4 is 5.32 Å². The molecule has 2 fully saturated rings. The Balaban J connectivity index is 2.14. The van der Waals surface area contributed by atoms with Crippen molar-refractivity contribution in [3.63, 3.8) is 0 Å². The van der Waals surface area contributed by atoms with E-state index in [1.807, 2.05) is 0 Å². The number of hydrogen-bond donors (Lipinski definition) is 1. The minimum atomic E-state index is 0.517. The number of rotatable bonds is 3. The average Bonchev–Trinajstić information content (AvgIpc) is 2.75. The van der Waals surface area contributed by atoms with E-state index in [2.05, 4.69) is 31.0 Å². The average molecular weight is 224 g/mol. The van der Waals surface area contributed by atoms with Gasteiger partial charge >= 0.3 is 0 Å². The Morgan fingerprint density at radius 3 is 2.44 bits per heavy atom. The van der Waals surface area contributed by atoms with Crippen molar-refractivity contribution in [2.24, 2.45) is 0 Å². The number of nitrogens with one attached hydrogen (secondary N) is 1. The van der Waals surface area contributed by atoms with Crippen LogP contribution >= 0.6 is 0 Å². The highest BCUT2D eigenvalue weighted by molar-refractivity contribution is 5.02. The van der Waals surface area contributed by atoms with Gasteiger partial charge in [-0.15, -0.1) is 0 Å². The Labute approximate surface area is 101 Å². The standard InChI is InChI=1S/C14H28N2/c1-4-13(5-2)16-10-12(3)15-11-14(16)8-6-7-9-14/h12-13,15H,4-11H2,1-3H3. The predicted octanol–water partition coefficient (Wildman–Crippen LogP) is 2.78. The fraction of sp³-hybridized carbons (Fsp3) is 1.00. The van der Waals surface area contributed by atoms with E-state index in [9.17, 15) is 0 Å². The van der Waals surface area contributed by atoms with Crippen molar-refractivity contribution in [3.05, 3.63) is 0 Å². The van der Waals surface area contributed by atoms with Crippen LogP contribution in [0, 0.1) is 0 Å². The quantitative estimate of drug-likeness (QED) is 0.793. The smallest absolute Gasteiger partial charge is 0.0337 e. The van der Waals surface area contributed by atoms with E-state index in [-0.39, 0.29) is 0 Å². The van der Waals surface area contributed by atoms with Crippen LogP contribution in [0.25, 0.3) is 0 Å². The van der Waals surface area contributed by atoms with Crippen LogP contribution in [0.15, 0.2) is 0 Å². The maximum absolute atomic E-state index is 3.71. The summed E-state index contributed by atoms with van der Waals surface area (Å²) in [6.45, 7) is 9.52. The molecule has 1 heterocycles. The summed E-state index contributed by atoms with van der Waals surface area (Å²) >= 11 is 0. The highest BCUT2D eigenvalue weighted by Crippen LogP contribution is 2.39. The molecule has 94 valence electrons. The van der Waals surface area contributed by atoms with Gasteiger partial charge in [-0.3, -0.25) is 4.90 Å². The molecule has 1 aliphatic carbocycles. The second-order valence-electron chi connectivity index (χ2n) is 5.84. The molecule has 2 rings (SSSR count). The number of piperazine rings is 1. The van der Waals surface area contributed by atoms with Crippen molar-refractivity contribution >= 4 is 0 Å². The van der Waals surface area contributed by atoms with Crippen LogP contribution in [-0.2, 0) is 0 Å². The van der Waals surface area contributed by atoms with Crippen molar-refractivity contribution < 1.29 is 0 Å². The van der Waals surface area contributed by atoms with Gasteiger partial charge in [-0.1, -0.05) is 26.7 Å². The minimum Gasteiger partial charge on any atom is -0.311 e. The summed E-state index contributed by atoms with van der Waals surface area (Å²) in [6, 6.07) is 1.48. The molecule has 0 radical (unpaired) electrons. The molecule has 1 atom stereocenters. The summed E-state index contributed by atoms with van der Waals surface area (Å²) in [7, 11) is 0. The summed E-state index contributed by atoms with van der Waals surface area (Å²) in [6.07, 6.45) is 8.34. The van der Waals surface area contributed by atoms with Crippen molar-refractivity contribution in [3.8, 4) is 0 Å². The van der Waals surface area contributed by atoms with Crippen molar-refractivity contribution in [2.45, 2.75) is 76.9 Å². The molecule has 0 bridgehead atoms. The third kappa shape index (κ3) is 2.14. The summed E-state index contributed by atoms with van der Waals surface area (Å²) in [4.78, 5) is 2.86. The molecule has 2 aliphatic rings. The molecule has 1 saturated heterocycles. The molecular weight excluding hydrogens is 196 g/mol. The fourth-order valence-corrected chi connectivity index (χ4v) is 3.78. The molecule has 1 unspecified atom stereocenters. The zero-order valence-electron chi connectivity index (χ0n) is 11.3. The van der Waals surface area contributed by atoms with Crippen LogP contribution in [0.5, 0.6) is 0 Å². The number of hydrogen-bond acceptors (Lipinski definition) is 2. The van der Waals surface area contributed by atoms with Gasteiger partial charge in [-0.2, -0.15) is 0 Å². The molecule has 0 aromatic rings. The summed E-state index contributed by atoms with van der Waals surface area (Å²) < 4.78 is 0. The Morgan fingerprint density at radius 2 is 1.88 bits per heavy atom. The van der Waals surface area contributed by atoms with Gasteiger partial charge in [0.2, 0.25) is 0 Å². The molecule has 2 heteroatoms. The van der Waals surface area contributed by atoms with Gasteiger partial charge in [0.1, 0.15) is 0 Å². The summed E-state index contributed by atoms with van der Waals surface area (Å²) in [5.41, 5.74) is 0.517. The van der Waals surface area contributed by atoms with Gasteiger partial charge in [0.15, 0.2) is 0 Å².